The van der Waals surface area contributed by atoms with Gasteiger partial charge in [0.15, 0.2) is 0 Å². The average Bonchev–Trinajstić information content (AvgIpc) is 2.96. The number of carboxylic acid groups (broad SMARTS) is 1. The average molecular weight is 279 g/mol. The minimum absolute atomic E-state index is 0.00332. The molecule has 0 saturated heterocycles. The molecule has 0 aromatic carbocycles. The number of aromatic nitrogens is 2. The van der Waals surface area contributed by atoms with Gasteiger partial charge in [-0.25, -0.2) is 0 Å². The number of carbonyl (C=O) groups excluding carboxylic acids is 1. The second-order valence-corrected chi connectivity index (χ2v) is 5.31. The molecule has 0 aliphatic heterocycles. The van der Waals surface area contributed by atoms with Crippen molar-refractivity contribution in [1.29, 1.82) is 0 Å². The van der Waals surface area contributed by atoms with Gasteiger partial charge in [-0.05, 0) is 31.7 Å². The monoisotopic (exact) mass is 279 g/mol. The van der Waals surface area contributed by atoms with Crippen LogP contribution in [0, 0.1) is 11.8 Å². The molecular formula is C14H21N3O3. The van der Waals surface area contributed by atoms with Gasteiger partial charge in [0, 0.05) is 31.4 Å². The molecule has 2 atom stereocenters. The lowest BCUT2D eigenvalue weighted by atomic mass is 9.81. The molecule has 1 aliphatic rings. The van der Waals surface area contributed by atoms with Gasteiger partial charge in [-0.2, -0.15) is 5.10 Å². The zero-order chi connectivity index (χ0) is 14.4. The van der Waals surface area contributed by atoms with E-state index in [0.717, 1.165) is 25.8 Å². The Morgan fingerprint density at radius 3 is 2.85 bits per heavy atom. The van der Waals surface area contributed by atoms with Crippen molar-refractivity contribution in [3.63, 3.8) is 0 Å². The summed E-state index contributed by atoms with van der Waals surface area (Å²) in [5, 5.41) is 16.0. The smallest absolute Gasteiger partial charge is 0.306 e. The molecule has 1 amide bonds. The highest BCUT2D eigenvalue weighted by molar-refractivity contribution is 5.80. The molecule has 1 heterocycles. The lowest BCUT2D eigenvalue weighted by Gasteiger charge is -2.25. The van der Waals surface area contributed by atoms with Crippen LogP contribution < -0.4 is 5.32 Å². The molecule has 2 unspecified atom stereocenters. The summed E-state index contributed by atoms with van der Waals surface area (Å²) in [4.78, 5) is 23.0. The highest BCUT2D eigenvalue weighted by Gasteiger charge is 2.30. The summed E-state index contributed by atoms with van der Waals surface area (Å²) >= 11 is 0. The fourth-order valence-electron chi connectivity index (χ4n) is 2.68. The van der Waals surface area contributed by atoms with Gasteiger partial charge in [0.2, 0.25) is 5.91 Å². The Hall–Kier alpha value is -1.85. The van der Waals surface area contributed by atoms with E-state index in [0.29, 0.717) is 19.4 Å². The molecule has 1 aliphatic carbocycles. The van der Waals surface area contributed by atoms with Crippen LogP contribution in [-0.4, -0.2) is 33.3 Å². The SMILES string of the molecule is O=C(O)C1CCCC(C(=O)NCCCn2cccn2)C1. The molecule has 0 bridgehead atoms. The van der Waals surface area contributed by atoms with Crippen molar-refractivity contribution >= 4 is 11.9 Å². The van der Waals surface area contributed by atoms with Crippen LogP contribution >= 0.6 is 0 Å². The van der Waals surface area contributed by atoms with Crippen LogP contribution in [0.1, 0.15) is 32.1 Å². The maximum absolute atomic E-state index is 12.0. The quantitative estimate of drug-likeness (QED) is 0.768. The Labute approximate surface area is 118 Å². The molecule has 1 aromatic rings. The van der Waals surface area contributed by atoms with Gasteiger partial charge in [0.25, 0.3) is 0 Å². The third kappa shape index (κ3) is 4.08. The summed E-state index contributed by atoms with van der Waals surface area (Å²) in [5.41, 5.74) is 0. The lowest BCUT2D eigenvalue weighted by molar-refractivity contribution is -0.144. The second kappa shape index (κ2) is 7.07. The zero-order valence-corrected chi connectivity index (χ0v) is 11.5. The van der Waals surface area contributed by atoms with Crippen LogP contribution in [0.3, 0.4) is 0 Å². The first kappa shape index (κ1) is 14.6. The largest absolute Gasteiger partial charge is 0.481 e. The second-order valence-electron chi connectivity index (χ2n) is 5.31. The van der Waals surface area contributed by atoms with E-state index in [4.69, 9.17) is 5.11 Å². The molecule has 6 heteroatoms. The van der Waals surface area contributed by atoms with Gasteiger partial charge in [-0.1, -0.05) is 6.42 Å². The van der Waals surface area contributed by atoms with Crippen molar-refractivity contribution in [2.24, 2.45) is 11.8 Å². The lowest BCUT2D eigenvalue weighted by Crippen LogP contribution is -2.36. The number of hydrogen-bond acceptors (Lipinski definition) is 3. The predicted octanol–water partition coefficient (Wildman–Crippen LogP) is 1.28. The third-order valence-corrected chi connectivity index (χ3v) is 3.82. The maximum atomic E-state index is 12.0. The van der Waals surface area contributed by atoms with Gasteiger partial charge in [0.05, 0.1) is 5.92 Å². The minimum Gasteiger partial charge on any atom is -0.481 e. The molecule has 2 rings (SSSR count). The van der Waals surface area contributed by atoms with Crippen molar-refractivity contribution in [3.8, 4) is 0 Å². The number of nitrogens with zero attached hydrogens (tertiary/aromatic N) is 2. The summed E-state index contributed by atoms with van der Waals surface area (Å²) in [7, 11) is 0. The number of nitrogens with one attached hydrogen (secondary N) is 1. The number of amides is 1. The topological polar surface area (TPSA) is 84.2 Å². The van der Waals surface area contributed by atoms with Crippen LogP contribution in [0.2, 0.25) is 0 Å². The maximum Gasteiger partial charge on any atom is 0.306 e. The van der Waals surface area contributed by atoms with E-state index in [1.54, 1.807) is 6.20 Å². The van der Waals surface area contributed by atoms with Crippen LogP contribution in [0.5, 0.6) is 0 Å². The van der Waals surface area contributed by atoms with Crippen LogP contribution in [0.15, 0.2) is 18.5 Å². The summed E-state index contributed by atoms with van der Waals surface area (Å²) in [6.07, 6.45) is 7.23. The van der Waals surface area contributed by atoms with E-state index in [1.807, 2.05) is 16.9 Å². The van der Waals surface area contributed by atoms with Crippen molar-refractivity contribution in [2.45, 2.75) is 38.6 Å². The van der Waals surface area contributed by atoms with E-state index in [-0.39, 0.29) is 17.7 Å². The Morgan fingerprint density at radius 1 is 1.35 bits per heavy atom. The molecule has 2 N–H and O–H groups in total. The third-order valence-electron chi connectivity index (χ3n) is 3.82. The molecule has 6 nitrogen and oxygen atoms in total. The minimum atomic E-state index is -0.777. The van der Waals surface area contributed by atoms with E-state index in [2.05, 4.69) is 10.4 Å². The van der Waals surface area contributed by atoms with E-state index in [9.17, 15) is 9.59 Å². The zero-order valence-electron chi connectivity index (χ0n) is 11.5. The number of hydrogen-bond donors (Lipinski definition) is 2. The summed E-state index contributed by atoms with van der Waals surface area (Å²) < 4.78 is 1.83. The first-order valence-electron chi connectivity index (χ1n) is 7.15. The number of carbonyl (C=O) groups is 2. The molecule has 110 valence electrons. The fourth-order valence-corrected chi connectivity index (χ4v) is 2.68. The normalized spacial score (nSPS) is 22.4. The molecule has 20 heavy (non-hydrogen) atoms. The molecular weight excluding hydrogens is 258 g/mol. The van der Waals surface area contributed by atoms with Crippen molar-refractivity contribution in [1.82, 2.24) is 15.1 Å². The summed E-state index contributed by atoms with van der Waals surface area (Å²) in [6.45, 7) is 1.38. The summed E-state index contributed by atoms with van der Waals surface area (Å²) in [5.74, 6) is -1.28. The van der Waals surface area contributed by atoms with Gasteiger partial charge in [-0.3, -0.25) is 14.3 Å². The molecule has 0 radical (unpaired) electrons. The van der Waals surface area contributed by atoms with Crippen LogP contribution in [0.4, 0.5) is 0 Å². The molecule has 1 fully saturated rings. The Morgan fingerprint density at radius 2 is 2.15 bits per heavy atom. The fraction of sp³-hybridized carbons (Fsp3) is 0.643. The predicted molar refractivity (Wildman–Crippen MR) is 72.9 cm³/mol. The standard InChI is InChI=1S/C14H21N3O3/c18-13(11-4-1-5-12(10-11)14(19)20)15-6-2-8-17-9-3-7-16-17/h3,7,9,11-12H,1-2,4-6,8,10H2,(H,15,18)(H,19,20). The number of carboxylic acids is 1. The first-order chi connectivity index (χ1) is 9.66. The van der Waals surface area contributed by atoms with E-state index in [1.165, 1.54) is 0 Å². The van der Waals surface area contributed by atoms with Gasteiger partial charge in [-0.15, -0.1) is 0 Å². The number of aliphatic carboxylic acids is 1. The Balaban J connectivity index is 1.67. The highest BCUT2D eigenvalue weighted by Crippen LogP contribution is 2.29. The van der Waals surface area contributed by atoms with Crippen LogP contribution in [-0.2, 0) is 16.1 Å². The van der Waals surface area contributed by atoms with Gasteiger partial charge < -0.3 is 10.4 Å². The van der Waals surface area contributed by atoms with Crippen molar-refractivity contribution in [2.75, 3.05) is 6.54 Å². The Bertz CT molecular complexity index is 445. The molecule has 1 saturated carbocycles. The number of aryl methyl sites for hydroxylation is 1. The molecule has 0 spiro atoms. The van der Waals surface area contributed by atoms with Crippen LogP contribution in [0.25, 0.3) is 0 Å². The number of rotatable bonds is 6. The van der Waals surface area contributed by atoms with E-state index >= 15 is 0 Å². The highest BCUT2D eigenvalue weighted by atomic mass is 16.4. The Kier molecular flexibility index (Phi) is 5.15. The van der Waals surface area contributed by atoms with Crippen molar-refractivity contribution < 1.29 is 14.7 Å². The van der Waals surface area contributed by atoms with Gasteiger partial charge >= 0.3 is 5.97 Å². The summed E-state index contributed by atoms with van der Waals surface area (Å²) in [6, 6.07) is 1.87. The first-order valence-corrected chi connectivity index (χ1v) is 7.15. The molecule has 1 aromatic heterocycles. The van der Waals surface area contributed by atoms with Crippen molar-refractivity contribution in [3.05, 3.63) is 18.5 Å². The van der Waals surface area contributed by atoms with Gasteiger partial charge in [0.1, 0.15) is 0 Å². The van der Waals surface area contributed by atoms with E-state index < -0.39 is 5.97 Å².